The van der Waals surface area contributed by atoms with E-state index in [1.165, 1.54) is 10.6 Å². The molecule has 39 heavy (non-hydrogen) atoms. The molecule has 1 fully saturated rings. The quantitative estimate of drug-likeness (QED) is 0.409. The van der Waals surface area contributed by atoms with Crippen LogP contribution in [0.1, 0.15) is 56.0 Å². The van der Waals surface area contributed by atoms with Gasteiger partial charge in [0.15, 0.2) is 5.65 Å². The monoisotopic (exact) mass is 525 g/mol. The lowest BCUT2D eigenvalue weighted by Crippen LogP contribution is -2.56. The zero-order valence-corrected chi connectivity index (χ0v) is 23.1. The predicted octanol–water partition coefficient (Wildman–Crippen LogP) is 4.78. The summed E-state index contributed by atoms with van der Waals surface area (Å²) in [6, 6.07) is 10.6. The normalized spacial score (nSPS) is 17.6. The van der Waals surface area contributed by atoms with Crippen molar-refractivity contribution in [3.8, 4) is 23.0 Å². The highest BCUT2D eigenvalue weighted by Gasteiger charge is 2.30. The Morgan fingerprint density at radius 1 is 1.10 bits per heavy atom. The van der Waals surface area contributed by atoms with E-state index in [9.17, 15) is 10.1 Å². The minimum Gasteiger partial charge on any atom is -0.348 e. The van der Waals surface area contributed by atoms with Crippen molar-refractivity contribution < 1.29 is 4.39 Å². The van der Waals surface area contributed by atoms with Gasteiger partial charge in [-0.1, -0.05) is 25.5 Å². The number of aryl methyl sites for hydroxylation is 2. The lowest BCUT2D eigenvalue weighted by atomic mass is 10.0. The van der Waals surface area contributed by atoms with Gasteiger partial charge in [0, 0.05) is 36.9 Å². The Labute approximate surface area is 227 Å². The lowest BCUT2D eigenvalue weighted by Gasteiger charge is -2.40. The van der Waals surface area contributed by atoms with Gasteiger partial charge in [-0.15, -0.1) is 0 Å². The molecule has 4 heterocycles. The number of hydrogen-bond donors (Lipinski definition) is 1. The van der Waals surface area contributed by atoms with Gasteiger partial charge in [-0.05, 0) is 63.4 Å². The SMILES string of the molecule is Cc1ccc(F)c(-c2nc3c(cc2C#N)c(N2C(C)CNCC2C)nc(=O)n3-c2c(C)ccnc2C(C)C)c1. The predicted molar refractivity (Wildman–Crippen MR) is 151 cm³/mol. The van der Waals surface area contributed by atoms with Crippen molar-refractivity contribution in [1.82, 2.24) is 24.8 Å². The third-order valence-electron chi connectivity index (χ3n) is 7.34. The molecule has 0 saturated carbocycles. The van der Waals surface area contributed by atoms with Crippen LogP contribution < -0.4 is 15.9 Å². The summed E-state index contributed by atoms with van der Waals surface area (Å²) in [5.41, 5.74) is 3.43. The molecule has 1 N–H and O–H groups in total. The lowest BCUT2D eigenvalue weighted by molar-refractivity contribution is 0.429. The molecular formula is C30H32FN7O. The fourth-order valence-electron chi connectivity index (χ4n) is 5.47. The van der Waals surface area contributed by atoms with E-state index in [0.29, 0.717) is 22.5 Å². The van der Waals surface area contributed by atoms with E-state index in [2.05, 4.69) is 40.1 Å². The number of aromatic nitrogens is 4. The zero-order chi connectivity index (χ0) is 28.0. The van der Waals surface area contributed by atoms with Crippen LogP contribution >= 0.6 is 0 Å². The van der Waals surface area contributed by atoms with Gasteiger partial charge in [-0.3, -0.25) is 4.98 Å². The molecule has 0 amide bonds. The largest absolute Gasteiger partial charge is 0.355 e. The number of benzene rings is 1. The van der Waals surface area contributed by atoms with Gasteiger partial charge < -0.3 is 10.2 Å². The van der Waals surface area contributed by atoms with Gasteiger partial charge >= 0.3 is 5.69 Å². The van der Waals surface area contributed by atoms with Gasteiger partial charge in [0.05, 0.1) is 28.0 Å². The molecule has 9 heteroatoms. The third-order valence-corrected chi connectivity index (χ3v) is 7.34. The van der Waals surface area contributed by atoms with E-state index in [1.54, 1.807) is 24.4 Å². The average Bonchev–Trinajstić information content (AvgIpc) is 2.89. The zero-order valence-electron chi connectivity index (χ0n) is 23.1. The minimum atomic E-state index is -0.499. The number of halogens is 1. The first kappa shape index (κ1) is 26.4. The molecule has 2 unspecified atom stereocenters. The molecule has 0 aliphatic carbocycles. The highest BCUT2D eigenvalue weighted by atomic mass is 19.1. The Balaban J connectivity index is 1.96. The third kappa shape index (κ3) is 4.55. The van der Waals surface area contributed by atoms with Crippen LogP contribution in [0.15, 0.2) is 41.3 Å². The van der Waals surface area contributed by atoms with Gasteiger partial charge in [0.2, 0.25) is 0 Å². The van der Waals surface area contributed by atoms with Gasteiger partial charge in [0.25, 0.3) is 0 Å². The summed E-state index contributed by atoms with van der Waals surface area (Å²) in [5.74, 6) is -0.000586. The Morgan fingerprint density at radius 2 is 1.82 bits per heavy atom. The van der Waals surface area contributed by atoms with Crippen LogP contribution in [0.5, 0.6) is 0 Å². The number of nitrogens with one attached hydrogen (secondary N) is 1. The summed E-state index contributed by atoms with van der Waals surface area (Å²) in [4.78, 5) is 30.2. The van der Waals surface area contributed by atoms with Gasteiger partial charge in [-0.25, -0.2) is 18.7 Å². The summed E-state index contributed by atoms with van der Waals surface area (Å²) in [7, 11) is 0. The van der Waals surface area contributed by atoms with Crippen LogP contribution in [-0.2, 0) is 0 Å². The van der Waals surface area contributed by atoms with Crippen LogP contribution in [0.2, 0.25) is 0 Å². The Morgan fingerprint density at radius 3 is 2.49 bits per heavy atom. The molecule has 3 aromatic heterocycles. The molecule has 0 bridgehead atoms. The molecule has 1 aliphatic rings. The maximum atomic E-state index is 15.1. The first-order valence-corrected chi connectivity index (χ1v) is 13.2. The summed E-state index contributed by atoms with van der Waals surface area (Å²) in [6.07, 6.45) is 1.72. The van der Waals surface area contributed by atoms with Gasteiger partial charge in [0.1, 0.15) is 17.7 Å². The smallest absolute Gasteiger partial charge is 0.348 e. The number of nitrogens with zero attached hydrogens (tertiary/aromatic N) is 6. The van der Waals surface area contributed by atoms with Gasteiger partial charge in [-0.2, -0.15) is 10.2 Å². The average molecular weight is 526 g/mol. The molecule has 5 rings (SSSR count). The first-order chi connectivity index (χ1) is 18.6. The van der Waals surface area contributed by atoms with Crippen LogP contribution in [0, 0.1) is 31.0 Å². The molecule has 4 aromatic rings. The summed E-state index contributed by atoms with van der Waals surface area (Å²) < 4.78 is 16.6. The van der Waals surface area contributed by atoms with Crippen molar-refractivity contribution in [2.75, 3.05) is 18.0 Å². The maximum Gasteiger partial charge on any atom is 0.355 e. The molecule has 200 valence electrons. The summed E-state index contributed by atoms with van der Waals surface area (Å²) >= 11 is 0. The van der Waals surface area contributed by atoms with E-state index in [-0.39, 0.29) is 34.8 Å². The second kappa shape index (κ2) is 10.2. The Kier molecular flexibility index (Phi) is 6.91. The second-order valence-corrected chi connectivity index (χ2v) is 10.7. The number of pyridine rings is 2. The van der Waals surface area contributed by atoms with E-state index < -0.39 is 11.5 Å². The van der Waals surface area contributed by atoms with E-state index in [4.69, 9.17) is 4.98 Å². The highest BCUT2D eigenvalue weighted by Crippen LogP contribution is 2.34. The number of fused-ring (bicyclic) bond motifs is 1. The standard InChI is InChI=1S/C30H32FN7O/c1-16(2)25-27(18(4)9-10-34-25)38-28-23(29(36-30(38)39)37-19(5)14-33-15-20(37)6)12-21(13-32)26(35-28)22-11-17(3)7-8-24(22)31/h7-12,16,19-20,33H,14-15H2,1-6H3. The minimum absolute atomic E-state index is 0.0156. The van der Waals surface area contributed by atoms with E-state index in [1.807, 2.05) is 33.8 Å². The number of hydrogen-bond acceptors (Lipinski definition) is 7. The van der Waals surface area contributed by atoms with E-state index in [0.717, 1.165) is 29.9 Å². The van der Waals surface area contributed by atoms with Crippen molar-refractivity contribution >= 4 is 16.9 Å². The number of nitriles is 1. The van der Waals surface area contributed by atoms with Crippen LogP contribution in [-0.4, -0.2) is 44.7 Å². The fraction of sp³-hybridized carbons (Fsp3) is 0.367. The maximum absolute atomic E-state index is 15.1. The molecule has 8 nitrogen and oxygen atoms in total. The van der Waals surface area contributed by atoms with Crippen LogP contribution in [0.25, 0.3) is 28.0 Å². The van der Waals surface area contributed by atoms with Crippen molar-refractivity contribution in [2.24, 2.45) is 0 Å². The molecule has 1 saturated heterocycles. The molecular weight excluding hydrogens is 493 g/mol. The van der Waals surface area contributed by atoms with E-state index >= 15 is 4.39 Å². The molecule has 0 spiro atoms. The number of piperazine rings is 1. The Bertz CT molecular complexity index is 1680. The fourth-order valence-corrected chi connectivity index (χ4v) is 5.47. The van der Waals surface area contributed by atoms with Crippen molar-refractivity contribution in [3.05, 3.63) is 75.2 Å². The number of rotatable bonds is 4. The van der Waals surface area contributed by atoms with Crippen molar-refractivity contribution in [3.63, 3.8) is 0 Å². The molecule has 1 aliphatic heterocycles. The molecule has 0 radical (unpaired) electrons. The second-order valence-electron chi connectivity index (χ2n) is 10.7. The van der Waals surface area contributed by atoms with Crippen LogP contribution in [0.4, 0.5) is 10.2 Å². The first-order valence-electron chi connectivity index (χ1n) is 13.2. The Hall–Kier alpha value is -4.16. The van der Waals surface area contributed by atoms with Crippen LogP contribution in [0.3, 0.4) is 0 Å². The number of anilines is 1. The van der Waals surface area contributed by atoms with Crippen molar-refractivity contribution in [2.45, 2.75) is 59.5 Å². The molecule has 1 aromatic carbocycles. The highest BCUT2D eigenvalue weighted by molar-refractivity contribution is 5.92. The molecule has 2 atom stereocenters. The van der Waals surface area contributed by atoms with Crippen molar-refractivity contribution in [1.29, 1.82) is 5.26 Å². The topological polar surface area (TPSA) is 99.7 Å². The summed E-state index contributed by atoms with van der Waals surface area (Å²) in [5, 5.41) is 14.1. The summed E-state index contributed by atoms with van der Waals surface area (Å²) in [6.45, 7) is 13.4.